The van der Waals surface area contributed by atoms with Gasteiger partial charge in [0.2, 0.25) is 0 Å². The molecule has 0 radical (unpaired) electrons. The lowest BCUT2D eigenvalue weighted by molar-refractivity contribution is -0.203. The Balaban J connectivity index is 1.07. The highest BCUT2D eigenvalue weighted by atomic mass is 32.2. The number of carbonyl (C=O) groups is 1. The van der Waals surface area contributed by atoms with Crippen molar-refractivity contribution < 1.29 is 28.2 Å². The van der Waals surface area contributed by atoms with Crippen LogP contribution >= 0.6 is 0 Å². The van der Waals surface area contributed by atoms with Crippen LogP contribution in [0.3, 0.4) is 0 Å². The lowest BCUT2D eigenvalue weighted by Gasteiger charge is -2.64. The molecule has 0 spiro atoms. The summed E-state index contributed by atoms with van der Waals surface area (Å²) >= 11 is 0. The number of sulfone groups is 1. The number of hydrogen-bond donors (Lipinski definition) is 2. The first kappa shape index (κ1) is 32.5. The SMILES string of the molecule is CC[C@H]1[C@@H](O)[C@@H]2[C@H](CC[C@]3(C)[C@@H]([C@H](C)CCOC(=O)CS(=O)(=O)c4ccc5c(c4)CCCC5)CC[C@@H]23)[C@@]2(C)CC[C@@H](O)C[C@@H]12. The van der Waals surface area contributed by atoms with Gasteiger partial charge in [0.15, 0.2) is 15.6 Å². The Labute approximate surface area is 265 Å². The van der Waals surface area contributed by atoms with Gasteiger partial charge in [0, 0.05) is 0 Å². The third-order valence-electron chi connectivity index (χ3n) is 14.0. The molecule has 0 aromatic heterocycles. The Morgan fingerprint density at radius 2 is 1.68 bits per heavy atom. The zero-order valence-corrected chi connectivity index (χ0v) is 28.3. The van der Waals surface area contributed by atoms with Gasteiger partial charge in [0.25, 0.3) is 0 Å². The highest BCUT2D eigenvalue weighted by Crippen LogP contribution is 2.69. The minimum absolute atomic E-state index is 0.150. The molecule has 2 N–H and O–H groups in total. The molecule has 0 bridgehead atoms. The molecular formula is C37H56O6S. The maximum atomic E-state index is 13.0. The van der Waals surface area contributed by atoms with Crippen molar-refractivity contribution in [1.29, 1.82) is 0 Å². The van der Waals surface area contributed by atoms with Gasteiger partial charge in [-0.25, -0.2) is 8.42 Å². The van der Waals surface area contributed by atoms with Crippen LogP contribution in [0.4, 0.5) is 0 Å². The quantitative estimate of drug-likeness (QED) is 0.317. The number of ether oxygens (including phenoxy) is 1. The van der Waals surface area contributed by atoms with Gasteiger partial charge in [0.05, 0.1) is 23.7 Å². The van der Waals surface area contributed by atoms with Crippen LogP contribution in [0.5, 0.6) is 0 Å². The summed E-state index contributed by atoms with van der Waals surface area (Å²) in [6.45, 7) is 9.68. The van der Waals surface area contributed by atoms with Crippen LogP contribution in [0.1, 0.15) is 109 Å². The normalized spacial score (nSPS) is 40.7. The van der Waals surface area contributed by atoms with Crippen molar-refractivity contribution in [3.63, 3.8) is 0 Å². The summed E-state index contributed by atoms with van der Waals surface area (Å²) in [5, 5.41) is 22.5. The van der Waals surface area contributed by atoms with E-state index in [4.69, 9.17) is 4.74 Å². The Morgan fingerprint density at radius 3 is 2.43 bits per heavy atom. The van der Waals surface area contributed by atoms with Gasteiger partial charge >= 0.3 is 5.97 Å². The summed E-state index contributed by atoms with van der Waals surface area (Å²) in [7, 11) is -3.74. The molecule has 6 nitrogen and oxygen atoms in total. The number of benzene rings is 1. The van der Waals surface area contributed by atoms with E-state index in [1.165, 1.54) is 12.0 Å². The number of fused-ring (bicyclic) bond motifs is 6. The molecule has 4 fully saturated rings. The largest absolute Gasteiger partial charge is 0.465 e. The van der Waals surface area contributed by atoms with Gasteiger partial charge in [-0.1, -0.05) is 40.2 Å². The second-order valence-electron chi connectivity index (χ2n) is 16.0. The molecule has 0 unspecified atom stereocenters. The minimum Gasteiger partial charge on any atom is -0.465 e. The molecule has 0 heterocycles. The van der Waals surface area contributed by atoms with E-state index in [1.54, 1.807) is 12.1 Å². The van der Waals surface area contributed by atoms with Crippen molar-refractivity contribution in [3.05, 3.63) is 29.3 Å². The lowest BCUT2D eigenvalue weighted by atomic mass is 9.41. The fraction of sp³-hybridized carbons (Fsp3) is 0.811. The molecule has 1 aromatic rings. The van der Waals surface area contributed by atoms with Crippen LogP contribution in [-0.4, -0.2) is 49.2 Å². The molecule has 0 saturated heterocycles. The average molecular weight is 629 g/mol. The fourth-order valence-corrected chi connectivity index (χ4v) is 12.8. The topological polar surface area (TPSA) is 101 Å². The standard InChI is InChI=1S/C37H56O6S/c1-5-28-32-21-26(38)14-17-37(32,4)31-15-18-36(3)29(12-13-30(36)34(31)35(28)40)23(2)16-19-43-33(39)22-44(41,42)27-11-10-24-8-6-7-9-25(24)20-27/h10-11,20,23,26,28-32,34-35,38,40H,5-9,12-19,21-22H2,1-4H3/t23-,26-,28-,29-,30+,31+,32+,34+,35-,36-,37-/m1/s1. The summed E-state index contributed by atoms with van der Waals surface area (Å²) in [6.07, 6.45) is 12.6. The molecule has 0 amide bonds. The molecule has 4 saturated carbocycles. The van der Waals surface area contributed by atoms with Crippen molar-refractivity contribution in [1.82, 2.24) is 0 Å². The van der Waals surface area contributed by atoms with Crippen molar-refractivity contribution in [3.8, 4) is 0 Å². The molecule has 44 heavy (non-hydrogen) atoms. The molecule has 0 aliphatic heterocycles. The third-order valence-corrected chi connectivity index (χ3v) is 15.6. The van der Waals surface area contributed by atoms with E-state index in [-0.39, 0.29) is 40.5 Å². The van der Waals surface area contributed by atoms with Gasteiger partial charge in [-0.05, 0) is 153 Å². The summed E-state index contributed by atoms with van der Waals surface area (Å²) in [5.74, 6) is 1.56. The van der Waals surface area contributed by atoms with Crippen LogP contribution in [0, 0.1) is 52.3 Å². The van der Waals surface area contributed by atoms with Crippen LogP contribution in [-0.2, 0) is 32.2 Å². The molecule has 6 rings (SSSR count). The highest BCUT2D eigenvalue weighted by Gasteiger charge is 2.64. The number of aliphatic hydroxyl groups is 2. The summed E-state index contributed by atoms with van der Waals surface area (Å²) in [5.41, 5.74) is 2.66. The van der Waals surface area contributed by atoms with Crippen molar-refractivity contribution in [2.75, 3.05) is 12.4 Å². The average Bonchev–Trinajstić information content (AvgIpc) is 3.35. The number of esters is 1. The maximum absolute atomic E-state index is 13.0. The third kappa shape index (κ3) is 5.59. The van der Waals surface area contributed by atoms with E-state index >= 15 is 0 Å². The second-order valence-corrected chi connectivity index (χ2v) is 18.0. The van der Waals surface area contributed by atoms with Gasteiger partial charge in [-0.2, -0.15) is 0 Å². The number of aliphatic hydroxyl groups excluding tert-OH is 2. The van der Waals surface area contributed by atoms with E-state index in [2.05, 4.69) is 27.7 Å². The predicted molar refractivity (Wildman–Crippen MR) is 172 cm³/mol. The van der Waals surface area contributed by atoms with Crippen molar-refractivity contribution in [2.24, 2.45) is 52.3 Å². The minimum atomic E-state index is -3.74. The first-order chi connectivity index (χ1) is 20.9. The van der Waals surface area contributed by atoms with E-state index in [0.717, 1.165) is 82.6 Å². The van der Waals surface area contributed by atoms with Gasteiger partial charge in [-0.15, -0.1) is 0 Å². The number of hydrogen-bond acceptors (Lipinski definition) is 6. The summed E-state index contributed by atoms with van der Waals surface area (Å²) < 4.78 is 31.6. The van der Waals surface area contributed by atoms with Crippen LogP contribution in [0.15, 0.2) is 23.1 Å². The molecule has 246 valence electrons. The lowest BCUT2D eigenvalue weighted by Crippen LogP contribution is -2.62. The fourth-order valence-electron chi connectivity index (χ4n) is 11.7. The number of carbonyl (C=O) groups excluding carboxylic acids is 1. The van der Waals surface area contributed by atoms with E-state index in [1.807, 2.05) is 6.07 Å². The van der Waals surface area contributed by atoms with Crippen molar-refractivity contribution in [2.45, 2.75) is 128 Å². The maximum Gasteiger partial charge on any atom is 0.321 e. The summed E-state index contributed by atoms with van der Waals surface area (Å²) in [6, 6.07) is 5.31. The Hall–Kier alpha value is -1.44. The zero-order valence-electron chi connectivity index (χ0n) is 27.5. The molecule has 5 aliphatic rings. The number of rotatable bonds is 8. The molecule has 5 aliphatic carbocycles. The Bertz CT molecular complexity index is 1320. The molecule has 11 atom stereocenters. The molecular weight excluding hydrogens is 572 g/mol. The Morgan fingerprint density at radius 1 is 0.977 bits per heavy atom. The summed E-state index contributed by atoms with van der Waals surface area (Å²) in [4.78, 5) is 12.9. The molecule has 1 aromatic carbocycles. The Kier molecular flexibility index (Phi) is 9.08. The van der Waals surface area contributed by atoms with Crippen LogP contribution < -0.4 is 0 Å². The van der Waals surface area contributed by atoms with E-state index in [0.29, 0.717) is 35.5 Å². The number of aryl methyl sites for hydroxylation is 2. The van der Waals surface area contributed by atoms with Crippen LogP contribution in [0.2, 0.25) is 0 Å². The first-order valence-electron chi connectivity index (χ1n) is 17.8. The monoisotopic (exact) mass is 628 g/mol. The molecule has 7 heteroatoms. The van der Waals surface area contributed by atoms with E-state index < -0.39 is 21.6 Å². The van der Waals surface area contributed by atoms with Crippen molar-refractivity contribution >= 4 is 15.8 Å². The van der Waals surface area contributed by atoms with Gasteiger partial charge < -0.3 is 14.9 Å². The van der Waals surface area contributed by atoms with Gasteiger partial charge in [0.1, 0.15) is 0 Å². The smallest absolute Gasteiger partial charge is 0.321 e. The van der Waals surface area contributed by atoms with Gasteiger partial charge in [-0.3, -0.25) is 4.79 Å². The van der Waals surface area contributed by atoms with Crippen LogP contribution in [0.25, 0.3) is 0 Å². The zero-order chi connectivity index (χ0) is 31.4. The first-order valence-corrected chi connectivity index (χ1v) is 19.4. The highest BCUT2D eigenvalue weighted by molar-refractivity contribution is 7.92. The predicted octanol–water partition coefficient (Wildman–Crippen LogP) is 6.54. The second kappa shape index (κ2) is 12.3. The van der Waals surface area contributed by atoms with E-state index in [9.17, 15) is 23.4 Å².